The summed E-state index contributed by atoms with van der Waals surface area (Å²) in [6, 6.07) is 23.5. The molecule has 0 N–H and O–H groups in total. The molecule has 162 valence electrons. The van der Waals surface area contributed by atoms with Crippen molar-refractivity contribution < 1.29 is 14.3 Å². The van der Waals surface area contributed by atoms with Crippen molar-refractivity contribution in [2.45, 2.75) is 33.8 Å². The number of aryl methyl sites for hydroxylation is 1. The molecule has 32 heavy (non-hydrogen) atoms. The largest absolute Gasteiger partial charge is 0.490 e. The van der Waals surface area contributed by atoms with E-state index in [4.69, 9.17) is 9.47 Å². The van der Waals surface area contributed by atoms with Gasteiger partial charge in [-0.1, -0.05) is 53.8 Å². The van der Waals surface area contributed by atoms with E-state index in [1.807, 2.05) is 50.2 Å². The van der Waals surface area contributed by atoms with E-state index in [1.165, 1.54) is 5.56 Å². The summed E-state index contributed by atoms with van der Waals surface area (Å²) in [7, 11) is 0. The van der Waals surface area contributed by atoms with Gasteiger partial charge in [0.2, 0.25) is 0 Å². The monoisotopic (exact) mass is 424 g/mol. The molecule has 0 heterocycles. The molecule has 3 rings (SSSR count). The van der Waals surface area contributed by atoms with Gasteiger partial charge in [0.25, 0.3) is 0 Å². The lowest BCUT2D eigenvalue weighted by atomic mass is 10.1. The van der Waals surface area contributed by atoms with Gasteiger partial charge in [0.1, 0.15) is 5.76 Å². The summed E-state index contributed by atoms with van der Waals surface area (Å²) >= 11 is 0. The molecule has 3 heteroatoms. The first-order chi connectivity index (χ1) is 15.4. The molecule has 0 bridgehead atoms. The summed E-state index contributed by atoms with van der Waals surface area (Å²) < 4.78 is 11.1. The van der Waals surface area contributed by atoms with Gasteiger partial charge in [-0.3, -0.25) is 0 Å². The van der Waals surface area contributed by atoms with Crippen molar-refractivity contribution in [3.8, 4) is 11.8 Å². The Kier molecular flexibility index (Phi) is 7.89. The van der Waals surface area contributed by atoms with Crippen LogP contribution in [0.25, 0.3) is 11.8 Å². The Hall–Kier alpha value is -3.77. The molecular formula is C29H28O3. The minimum atomic E-state index is -0.319. The predicted octanol–water partition coefficient (Wildman–Crippen LogP) is 6.49. The maximum absolute atomic E-state index is 11.7. The lowest BCUT2D eigenvalue weighted by Gasteiger charge is -2.14. The maximum Gasteiger partial charge on any atom is 0.338 e. The predicted molar refractivity (Wildman–Crippen MR) is 130 cm³/mol. The van der Waals surface area contributed by atoms with E-state index < -0.39 is 0 Å². The fourth-order valence-corrected chi connectivity index (χ4v) is 3.02. The zero-order chi connectivity index (χ0) is 22.9. The topological polar surface area (TPSA) is 35.5 Å². The van der Waals surface area contributed by atoms with Crippen LogP contribution in [0.15, 0.2) is 72.8 Å². The minimum Gasteiger partial charge on any atom is -0.490 e. The Morgan fingerprint density at radius 3 is 1.88 bits per heavy atom. The Morgan fingerprint density at radius 1 is 0.844 bits per heavy atom. The first kappa shape index (κ1) is 22.9. The van der Waals surface area contributed by atoms with Crippen LogP contribution in [-0.2, 0) is 9.47 Å². The standard InChI is InChI=1S/C29H28O3/c1-5-31-29(30)27-18-14-24(15-19-27)11-10-23-12-16-26(17-13-23)28(32-21(2)3)20-25-8-6-22(4)7-9-25/h6-9,12-21H,5H2,1-4H3/b28-20-. The minimum absolute atomic E-state index is 0.0729. The molecule has 0 saturated heterocycles. The van der Waals surface area contributed by atoms with Crippen LogP contribution in [-0.4, -0.2) is 18.7 Å². The van der Waals surface area contributed by atoms with Crippen molar-refractivity contribution in [3.05, 3.63) is 106 Å². The Labute approximate surface area is 190 Å². The second kappa shape index (κ2) is 11.0. The zero-order valence-corrected chi connectivity index (χ0v) is 19.0. The highest BCUT2D eigenvalue weighted by Gasteiger charge is 2.07. The van der Waals surface area contributed by atoms with Crippen molar-refractivity contribution >= 4 is 17.8 Å². The number of ether oxygens (including phenoxy) is 2. The van der Waals surface area contributed by atoms with Crippen LogP contribution < -0.4 is 0 Å². The van der Waals surface area contributed by atoms with Crippen molar-refractivity contribution in [2.75, 3.05) is 6.61 Å². The van der Waals surface area contributed by atoms with Crippen LogP contribution >= 0.6 is 0 Å². The molecule has 3 aromatic carbocycles. The van der Waals surface area contributed by atoms with Crippen LogP contribution in [0.3, 0.4) is 0 Å². The molecule has 0 aliphatic heterocycles. The van der Waals surface area contributed by atoms with Gasteiger partial charge in [-0.2, -0.15) is 0 Å². The van der Waals surface area contributed by atoms with E-state index >= 15 is 0 Å². The summed E-state index contributed by atoms with van der Waals surface area (Å²) in [5.74, 6) is 6.82. The van der Waals surface area contributed by atoms with Gasteiger partial charge in [0, 0.05) is 16.7 Å². The second-order valence-electron chi connectivity index (χ2n) is 7.71. The number of hydrogen-bond acceptors (Lipinski definition) is 3. The van der Waals surface area contributed by atoms with Gasteiger partial charge in [-0.05, 0) is 75.7 Å². The molecule has 0 aromatic heterocycles. The smallest absolute Gasteiger partial charge is 0.338 e. The third-order valence-electron chi connectivity index (χ3n) is 4.65. The first-order valence-corrected chi connectivity index (χ1v) is 10.8. The summed E-state index contributed by atoms with van der Waals surface area (Å²) in [5, 5.41) is 0. The third-order valence-corrected chi connectivity index (χ3v) is 4.65. The molecule has 0 amide bonds. The molecule has 0 fully saturated rings. The number of benzene rings is 3. The van der Waals surface area contributed by atoms with Gasteiger partial charge < -0.3 is 9.47 Å². The second-order valence-corrected chi connectivity index (χ2v) is 7.71. The fraction of sp³-hybridized carbons (Fsp3) is 0.207. The highest BCUT2D eigenvalue weighted by molar-refractivity contribution is 5.89. The van der Waals surface area contributed by atoms with Crippen LogP contribution in [0, 0.1) is 18.8 Å². The van der Waals surface area contributed by atoms with Crippen LogP contribution in [0.2, 0.25) is 0 Å². The molecule has 0 unspecified atom stereocenters. The zero-order valence-electron chi connectivity index (χ0n) is 19.0. The average Bonchev–Trinajstić information content (AvgIpc) is 2.79. The maximum atomic E-state index is 11.7. The lowest BCUT2D eigenvalue weighted by Crippen LogP contribution is -2.04. The number of carbonyl (C=O) groups is 1. The first-order valence-electron chi connectivity index (χ1n) is 10.8. The third kappa shape index (κ3) is 6.62. The number of carbonyl (C=O) groups excluding carboxylic acids is 1. The van der Waals surface area contributed by atoms with Crippen molar-refractivity contribution in [3.63, 3.8) is 0 Å². The highest BCUT2D eigenvalue weighted by atomic mass is 16.5. The van der Waals surface area contributed by atoms with E-state index in [9.17, 15) is 4.79 Å². The molecule has 0 radical (unpaired) electrons. The van der Waals surface area contributed by atoms with Crippen molar-refractivity contribution in [1.29, 1.82) is 0 Å². The van der Waals surface area contributed by atoms with E-state index in [-0.39, 0.29) is 12.1 Å². The highest BCUT2D eigenvalue weighted by Crippen LogP contribution is 2.22. The number of esters is 1. The Morgan fingerprint density at radius 2 is 1.38 bits per heavy atom. The SMILES string of the molecule is CCOC(=O)c1ccc(C#Cc2ccc(/C(=C/c3ccc(C)cc3)OC(C)C)cc2)cc1. The van der Waals surface area contributed by atoms with E-state index in [0.717, 1.165) is 28.0 Å². The summed E-state index contributed by atoms with van der Waals surface area (Å²) in [6.45, 7) is 8.28. The Bertz CT molecular complexity index is 1120. The van der Waals surface area contributed by atoms with Crippen LogP contribution in [0.4, 0.5) is 0 Å². The van der Waals surface area contributed by atoms with E-state index in [1.54, 1.807) is 19.1 Å². The fourth-order valence-electron chi connectivity index (χ4n) is 3.02. The van der Waals surface area contributed by atoms with Gasteiger partial charge in [-0.15, -0.1) is 0 Å². The van der Waals surface area contributed by atoms with Crippen molar-refractivity contribution in [1.82, 2.24) is 0 Å². The molecule has 3 nitrogen and oxygen atoms in total. The number of rotatable bonds is 6. The number of hydrogen-bond donors (Lipinski definition) is 0. The normalized spacial score (nSPS) is 11.0. The molecular weight excluding hydrogens is 396 g/mol. The molecule has 0 aliphatic carbocycles. The van der Waals surface area contributed by atoms with Gasteiger partial charge >= 0.3 is 5.97 Å². The molecule has 3 aromatic rings. The van der Waals surface area contributed by atoms with Crippen LogP contribution in [0.5, 0.6) is 0 Å². The average molecular weight is 425 g/mol. The van der Waals surface area contributed by atoms with Gasteiger partial charge in [-0.25, -0.2) is 4.79 Å². The Balaban J connectivity index is 1.77. The molecule has 0 aliphatic rings. The lowest BCUT2D eigenvalue weighted by molar-refractivity contribution is 0.0526. The quantitative estimate of drug-likeness (QED) is 0.196. The summed E-state index contributed by atoms with van der Waals surface area (Å²) in [4.78, 5) is 11.7. The molecule has 0 spiro atoms. The molecule has 0 atom stereocenters. The van der Waals surface area contributed by atoms with Gasteiger partial charge in [0.15, 0.2) is 0 Å². The van der Waals surface area contributed by atoms with Crippen molar-refractivity contribution in [2.24, 2.45) is 0 Å². The van der Waals surface area contributed by atoms with E-state index in [0.29, 0.717) is 12.2 Å². The summed E-state index contributed by atoms with van der Waals surface area (Å²) in [6.07, 6.45) is 2.13. The van der Waals surface area contributed by atoms with Gasteiger partial charge in [0.05, 0.1) is 18.3 Å². The van der Waals surface area contributed by atoms with E-state index in [2.05, 4.69) is 49.1 Å². The van der Waals surface area contributed by atoms with Crippen LogP contribution in [0.1, 0.15) is 58.9 Å². The molecule has 0 saturated carbocycles. The summed E-state index contributed by atoms with van der Waals surface area (Å²) in [5.41, 5.74) is 5.60.